The fourth-order valence-corrected chi connectivity index (χ4v) is 4.65. The number of rotatable bonds is 4. The number of hydrogen-bond donors (Lipinski definition) is 0. The van der Waals surface area contributed by atoms with E-state index in [4.69, 9.17) is 5.26 Å². The van der Waals surface area contributed by atoms with Crippen molar-refractivity contribution in [2.24, 2.45) is 5.92 Å². The second kappa shape index (κ2) is 5.19. The zero-order chi connectivity index (χ0) is 14.2. The molecule has 1 aliphatic heterocycles. The van der Waals surface area contributed by atoms with Crippen molar-refractivity contribution in [2.75, 3.05) is 18.8 Å². The van der Waals surface area contributed by atoms with Gasteiger partial charge in [0.25, 0.3) is 0 Å². The predicted molar refractivity (Wildman–Crippen MR) is 75.9 cm³/mol. The minimum absolute atomic E-state index is 0.169. The highest BCUT2D eigenvalue weighted by atomic mass is 32.2. The zero-order valence-corrected chi connectivity index (χ0v) is 12.1. The van der Waals surface area contributed by atoms with Gasteiger partial charge in [-0.25, -0.2) is 8.42 Å². The van der Waals surface area contributed by atoms with Crippen molar-refractivity contribution in [3.63, 3.8) is 0 Å². The topological polar surface area (TPSA) is 61.2 Å². The highest BCUT2D eigenvalue weighted by Crippen LogP contribution is 2.37. The van der Waals surface area contributed by atoms with Crippen molar-refractivity contribution in [2.45, 2.75) is 30.2 Å². The van der Waals surface area contributed by atoms with Gasteiger partial charge in [-0.05, 0) is 49.4 Å². The first kappa shape index (κ1) is 13.6. The average molecular weight is 290 g/mol. The second-order valence-corrected chi connectivity index (χ2v) is 7.89. The van der Waals surface area contributed by atoms with Crippen LogP contribution in [-0.2, 0) is 9.84 Å². The summed E-state index contributed by atoms with van der Waals surface area (Å²) >= 11 is 0. The molecule has 106 valence electrons. The molecule has 0 N–H and O–H groups in total. The van der Waals surface area contributed by atoms with E-state index < -0.39 is 9.84 Å². The number of benzene rings is 1. The van der Waals surface area contributed by atoms with Crippen LogP contribution in [0.3, 0.4) is 0 Å². The van der Waals surface area contributed by atoms with Crippen molar-refractivity contribution >= 4 is 9.84 Å². The Balaban J connectivity index is 1.65. The summed E-state index contributed by atoms with van der Waals surface area (Å²) in [5.41, 5.74) is 0.487. The van der Waals surface area contributed by atoms with E-state index in [1.807, 2.05) is 6.07 Å². The first-order chi connectivity index (χ1) is 9.58. The molecule has 2 unspecified atom stereocenters. The molecule has 1 saturated heterocycles. The second-order valence-electron chi connectivity index (χ2n) is 5.78. The van der Waals surface area contributed by atoms with Gasteiger partial charge in [0.05, 0.1) is 22.3 Å². The lowest BCUT2D eigenvalue weighted by Crippen LogP contribution is -2.35. The summed E-state index contributed by atoms with van der Waals surface area (Å²) in [6.45, 7) is 1.69. The first-order valence-electron chi connectivity index (χ1n) is 7.05. The first-order valence-corrected chi connectivity index (χ1v) is 8.71. The van der Waals surface area contributed by atoms with Gasteiger partial charge in [0, 0.05) is 19.1 Å². The SMILES string of the molecule is N#Cc1ccc(S(=O)(=O)CCN2CC3CCC2C3)cc1. The van der Waals surface area contributed by atoms with E-state index in [1.165, 1.54) is 31.4 Å². The van der Waals surface area contributed by atoms with Crippen molar-refractivity contribution in [1.29, 1.82) is 5.26 Å². The molecule has 2 fully saturated rings. The van der Waals surface area contributed by atoms with Crippen molar-refractivity contribution in [3.8, 4) is 6.07 Å². The van der Waals surface area contributed by atoms with Crippen LogP contribution in [0.4, 0.5) is 0 Å². The van der Waals surface area contributed by atoms with Crippen LogP contribution in [-0.4, -0.2) is 38.2 Å². The Bertz CT molecular complexity index is 631. The van der Waals surface area contributed by atoms with Crippen molar-refractivity contribution in [3.05, 3.63) is 29.8 Å². The van der Waals surface area contributed by atoms with E-state index in [9.17, 15) is 8.42 Å². The number of hydrogen-bond acceptors (Lipinski definition) is 4. The van der Waals surface area contributed by atoms with Crippen LogP contribution >= 0.6 is 0 Å². The van der Waals surface area contributed by atoms with E-state index in [2.05, 4.69) is 4.90 Å². The molecule has 1 heterocycles. The molecule has 2 aliphatic rings. The summed E-state index contributed by atoms with van der Waals surface area (Å²) in [5.74, 6) is 0.958. The third-order valence-corrected chi connectivity index (χ3v) is 6.22. The maximum absolute atomic E-state index is 12.3. The molecule has 1 saturated carbocycles. The van der Waals surface area contributed by atoms with Crippen LogP contribution < -0.4 is 0 Å². The standard InChI is InChI=1S/C15H18N2O2S/c16-10-12-2-5-15(6-3-12)20(18,19)8-7-17-11-13-1-4-14(17)9-13/h2-3,5-6,13-14H,1,4,7-9,11H2. The van der Waals surface area contributed by atoms with Gasteiger partial charge in [-0.15, -0.1) is 0 Å². The van der Waals surface area contributed by atoms with E-state index in [0.29, 0.717) is 23.0 Å². The number of nitrogens with zero attached hydrogens (tertiary/aromatic N) is 2. The fraction of sp³-hybridized carbons (Fsp3) is 0.533. The maximum Gasteiger partial charge on any atom is 0.179 e. The molecule has 4 nitrogen and oxygen atoms in total. The Labute approximate surface area is 119 Å². The monoisotopic (exact) mass is 290 g/mol. The molecule has 20 heavy (non-hydrogen) atoms. The summed E-state index contributed by atoms with van der Waals surface area (Å²) < 4.78 is 24.6. The van der Waals surface area contributed by atoms with Gasteiger partial charge in [0.1, 0.15) is 0 Å². The number of piperidine rings is 1. The largest absolute Gasteiger partial charge is 0.299 e. The summed E-state index contributed by atoms with van der Waals surface area (Å²) in [5, 5.41) is 8.73. The van der Waals surface area contributed by atoms with Gasteiger partial charge in [0.2, 0.25) is 0 Å². The molecule has 0 aromatic heterocycles. The lowest BCUT2D eigenvalue weighted by Gasteiger charge is -2.26. The normalized spacial score (nSPS) is 25.8. The minimum Gasteiger partial charge on any atom is -0.299 e. The van der Waals surface area contributed by atoms with Crippen LogP contribution in [0.1, 0.15) is 24.8 Å². The molecular formula is C15H18N2O2S. The van der Waals surface area contributed by atoms with Gasteiger partial charge < -0.3 is 0 Å². The molecule has 2 bridgehead atoms. The van der Waals surface area contributed by atoms with Gasteiger partial charge >= 0.3 is 0 Å². The Hall–Kier alpha value is -1.38. The van der Waals surface area contributed by atoms with Crippen LogP contribution in [0, 0.1) is 17.2 Å². The van der Waals surface area contributed by atoms with Crippen LogP contribution in [0.2, 0.25) is 0 Å². The molecule has 1 aliphatic carbocycles. The lowest BCUT2D eigenvalue weighted by atomic mass is 10.1. The maximum atomic E-state index is 12.3. The molecule has 0 radical (unpaired) electrons. The van der Waals surface area contributed by atoms with Gasteiger partial charge in [-0.3, -0.25) is 4.90 Å². The van der Waals surface area contributed by atoms with Crippen LogP contribution in [0.25, 0.3) is 0 Å². The number of likely N-dealkylation sites (tertiary alicyclic amines) is 1. The number of fused-ring (bicyclic) bond motifs is 2. The molecule has 3 rings (SSSR count). The predicted octanol–water partition coefficient (Wildman–Crippen LogP) is 1.82. The molecule has 0 amide bonds. The minimum atomic E-state index is -3.24. The smallest absolute Gasteiger partial charge is 0.179 e. The van der Waals surface area contributed by atoms with Crippen LogP contribution in [0.5, 0.6) is 0 Å². The number of nitriles is 1. The summed E-state index contributed by atoms with van der Waals surface area (Å²) in [6.07, 6.45) is 3.78. The molecule has 0 spiro atoms. The molecule has 1 aromatic rings. The Morgan fingerprint density at radius 2 is 2.00 bits per heavy atom. The van der Waals surface area contributed by atoms with Crippen molar-refractivity contribution < 1.29 is 8.42 Å². The van der Waals surface area contributed by atoms with E-state index in [1.54, 1.807) is 12.1 Å². The Morgan fingerprint density at radius 1 is 1.25 bits per heavy atom. The van der Waals surface area contributed by atoms with E-state index in [0.717, 1.165) is 12.5 Å². The average Bonchev–Trinajstić information content (AvgIpc) is 3.08. The number of sulfone groups is 1. The third kappa shape index (κ3) is 2.58. The van der Waals surface area contributed by atoms with E-state index >= 15 is 0 Å². The molecule has 2 atom stereocenters. The van der Waals surface area contributed by atoms with Gasteiger partial charge in [-0.2, -0.15) is 5.26 Å². The van der Waals surface area contributed by atoms with Gasteiger partial charge in [-0.1, -0.05) is 0 Å². The van der Waals surface area contributed by atoms with E-state index in [-0.39, 0.29) is 5.75 Å². The highest BCUT2D eigenvalue weighted by molar-refractivity contribution is 7.91. The van der Waals surface area contributed by atoms with Crippen LogP contribution in [0.15, 0.2) is 29.2 Å². The molecule has 1 aromatic carbocycles. The third-order valence-electron chi connectivity index (χ3n) is 4.51. The quantitative estimate of drug-likeness (QED) is 0.848. The lowest BCUT2D eigenvalue weighted by molar-refractivity contribution is 0.225. The summed E-state index contributed by atoms with van der Waals surface area (Å²) in [7, 11) is -3.24. The van der Waals surface area contributed by atoms with Gasteiger partial charge in [0.15, 0.2) is 9.84 Å². The Morgan fingerprint density at radius 3 is 2.55 bits per heavy atom. The molecule has 5 heteroatoms. The highest BCUT2D eigenvalue weighted by Gasteiger charge is 2.37. The summed E-state index contributed by atoms with van der Waals surface area (Å²) in [4.78, 5) is 2.65. The Kier molecular flexibility index (Phi) is 3.53. The fourth-order valence-electron chi connectivity index (χ4n) is 3.39. The van der Waals surface area contributed by atoms with Crippen molar-refractivity contribution in [1.82, 2.24) is 4.90 Å². The summed E-state index contributed by atoms with van der Waals surface area (Å²) in [6, 6.07) is 8.79. The zero-order valence-electron chi connectivity index (χ0n) is 11.3. The molecular weight excluding hydrogens is 272 g/mol.